The van der Waals surface area contributed by atoms with E-state index in [2.05, 4.69) is 6.92 Å². The molecule has 2 aliphatic rings. The molecule has 2 heterocycles. The van der Waals surface area contributed by atoms with Crippen molar-refractivity contribution in [1.82, 2.24) is 9.80 Å². The van der Waals surface area contributed by atoms with Crippen LogP contribution in [0.15, 0.2) is 24.3 Å². The van der Waals surface area contributed by atoms with Crippen molar-refractivity contribution in [3.63, 3.8) is 0 Å². The Bertz CT molecular complexity index is 599. The molecule has 0 aliphatic carbocycles. The van der Waals surface area contributed by atoms with Crippen LogP contribution in [0.25, 0.3) is 0 Å². The number of rotatable bonds is 4. The Morgan fingerprint density at radius 2 is 2.00 bits per heavy atom. The lowest BCUT2D eigenvalue weighted by Crippen LogP contribution is -2.43. The molecule has 2 aliphatic heterocycles. The van der Waals surface area contributed by atoms with Crippen molar-refractivity contribution in [2.75, 3.05) is 26.7 Å². The van der Waals surface area contributed by atoms with Crippen molar-refractivity contribution in [3.05, 3.63) is 29.8 Å². The summed E-state index contributed by atoms with van der Waals surface area (Å²) in [7, 11) is 1.64. The van der Waals surface area contributed by atoms with Crippen molar-refractivity contribution in [2.45, 2.75) is 32.7 Å². The minimum atomic E-state index is -0.180. The smallest absolute Gasteiger partial charge is 0.228 e. The molecule has 2 unspecified atom stereocenters. The first kappa shape index (κ1) is 16.8. The van der Waals surface area contributed by atoms with Crippen LogP contribution in [0.3, 0.4) is 0 Å². The van der Waals surface area contributed by atoms with Gasteiger partial charge >= 0.3 is 0 Å². The lowest BCUT2D eigenvalue weighted by atomic mass is 9.98. The summed E-state index contributed by atoms with van der Waals surface area (Å²) >= 11 is 0. The number of amides is 2. The van der Waals surface area contributed by atoms with Crippen LogP contribution in [0.2, 0.25) is 0 Å². The molecule has 3 rings (SSSR count). The maximum Gasteiger partial charge on any atom is 0.228 e. The first-order chi connectivity index (χ1) is 11.6. The highest BCUT2D eigenvalue weighted by molar-refractivity contribution is 5.89. The predicted molar refractivity (Wildman–Crippen MR) is 91.5 cm³/mol. The van der Waals surface area contributed by atoms with Crippen molar-refractivity contribution in [1.29, 1.82) is 0 Å². The van der Waals surface area contributed by atoms with Crippen LogP contribution in [-0.2, 0) is 16.1 Å². The average molecular weight is 330 g/mol. The number of benzene rings is 1. The van der Waals surface area contributed by atoms with Gasteiger partial charge in [-0.25, -0.2) is 0 Å². The van der Waals surface area contributed by atoms with E-state index in [1.165, 1.54) is 6.42 Å². The Kier molecular flexibility index (Phi) is 5.07. The van der Waals surface area contributed by atoms with Gasteiger partial charge in [0.05, 0.1) is 13.0 Å². The molecule has 0 aromatic heterocycles. The molecule has 0 saturated carbocycles. The third-order valence-electron chi connectivity index (χ3n) is 5.06. The average Bonchev–Trinajstić information content (AvgIpc) is 2.95. The van der Waals surface area contributed by atoms with E-state index in [4.69, 9.17) is 4.74 Å². The Morgan fingerprint density at radius 1 is 1.25 bits per heavy atom. The quantitative estimate of drug-likeness (QED) is 0.851. The van der Waals surface area contributed by atoms with Gasteiger partial charge in [0.1, 0.15) is 5.75 Å². The second-order valence-corrected chi connectivity index (χ2v) is 7.06. The first-order valence-corrected chi connectivity index (χ1v) is 8.76. The van der Waals surface area contributed by atoms with Gasteiger partial charge in [-0.1, -0.05) is 19.1 Å². The molecule has 0 bridgehead atoms. The fraction of sp³-hybridized carbons (Fsp3) is 0.579. The van der Waals surface area contributed by atoms with E-state index in [1.807, 2.05) is 29.2 Å². The molecule has 5 heteroatoms. The Labute approximate surface area is 143 Å². The summed E-state index contributed by atoms with van der Waals surface area (Å²) in [6.45, 7) is 4.96. The number of carbonyl (C=O) groups excluding carboxylic acids is 2. The highest BCUT2D eigenvalue weighted by Crippen LogP contribution is 2.25. The number of nitrogens with zero attached hydrogens (tertiary/aromatic N) is 2. The summed E-state index contributed by atoms with van der Waals surface area (Å²) in [5.41, 5.74) is 1.06. The van der Waals surface area contributed by atoms with Crippen LogP contribution in [-0.4, -0.2) is 48.4 Å². The van der Waals surface area contributed by atoms with E-state index in [0.29, 0.717) is 25.4 Å². The summed E-state index contributed by atoms with van der Waals surface area (Å²) in [5, 5.41) is 0. The third kappa shape index (κ3) is 3.71. The van der Waals surface area contributed by atoms with Gasteiger partial charge in [0.2, 0.25) is 11.8 Å². The molecule has 0 spiro atoms. The second-order valence-electron chi connectivity index (χ2n) is 7.06. The van der Waals surface area contributed by atoms with Crippen LogP contribution < -0.4 is 4.74 Å². The topological polar surface area (TPSA) is 49.9 Å². The van der Waals surface area contributed by atoms with Gasteiger partial charge in [0, 0.05) is 32.6 Å². The molecular formula is C19H26N2O3. The zero-order valence-electron chi connectivity index (χ0n) is 14.5. The zero-order valence-corrected chi connectivity index (χ0v) is 14.5. The highest BCUT2D eigenvalue weighted by Gasteiger charge is 2.37. The van der Waals surface area contributed by atoms with Crippen molar-refractivity contribution in [3.8, 4) is 5.75 Å². The molecule has 130 valence electrons. The zero-order chi connectivity index (χ0) is 17.1. The maximum atomic E-state index is 12.7. The lowest BCUT2D eigenvalue weighted by molar-refractivity contribution is -0.137. The van der Waals surface area contributed by atoms with Gasteiger partial charge in [-0.3, -0.25) is 9.59 Å². The van der Waals surface area contributed by atoms with Crippen LogP contribution in [0.4, 0.5) is 0 Å². The molecule has 24 heavy (non-hydrogen) atoms. The van der Waals surface area contributed by atoms with E-state index in [9.17, 15) is 9.59 Å². The van der Waals surface area contributed by atoms with Crippen molar-refractivity contribution in [2.24, 2.45) is 11.8 Å². The fourth-order valence-corrected chi connectivity index (χ4v) is 3.69. The van der Waals surface area contributed by atoms with Gasteiger partial charge in [-0.15, -0.1) is 0 Å². The molecule has 2 saturated heterocycles. The third-order valence-corrected chi connectivity index (χ3v) is 5.06. The summed E-state index contributed by atoms with van der Waals surface area (Å²) in [5.74, 6) is 1.43. The maximum absolute atomic E-state index is 12.7. The number of ether oxygens (including phenoxy) is 1. The minimum absolute atomic E-state index is 0.0780. The normalized spacial score (nSPS) is 24.3. The van der Waals surface area contributed by atoms with Crippen LogP contribution in [0.5, 0.6) is 5.75 Å². The SMILES string of the molecule is COc1ccc(CN2CC(C(=O)N3CCCC(C)C3)CC2=O)cc1. The first-order valence-electron chi connectivity index (χ1n) is 8.76. The van der Waals surface area contributed by atoms with Crippen LogP contribution >= 0.6 is 0 Å². The number of hydrogen-bond donors (Lipinski definition) is 0. The largest absolute Gasteiger partial charge is 0.497 e. The number of carbonyl (C=O) groups is 2. The molecule has 2 atom stereocenters. The molecule has 1 aromatic rings. The Morgan fingerprint density at radius 3 is 2.67 bits per heavy atom. The lowest BCUT2D eigenvalue weighted by Gasteiger charge is -2.32. The van der Waals surface area contributed by atoms with Crippen molar-refractivity contribution >= 4 is 11.8 Å². The summed E-state index contributed by atoms with van der Waals surface area (Å²) in [4.78, 5) is 28.8. The van der Waals surface area contributed by atoms with Crippen molar-refractivity contribution < 1.29 is 14.3 Å². The molecule has 2 fully saturated rings. The molecule has 1 aromatic carbocycles. The molecule has 0 N–H and O–H groups in total. The summed E-state index contributed by atoms with van der Waals surface area (Å²) in [6.07, 6.45) is 2.61. The number of likely N-dealkylation sites (tertiary alicyclic amines) is 2. The number of hydrogen-bond acceptors (Lipinski definition) is 3. The monoisotopic (exact) mass is 330 g/mol. The molecular weight excluding hydrogens is 304 g/mol. The minimum Gasteiger partial charge on any atom is -0.497 e. The summed E-state index contributed by atoms with van der Waals surface area (Å²) < 4.78 is 5.15. The fourth-order valence-electron chi connectivity index (χ4n) is 3.69. The molecule has 0 radical (unpaired) electrons. The highest BCUT2D eigenvalue weighted by atomic mass is 16.5. The number of piperidine rings is 1. The predicted octanol–water partition coefficient (Wildman–Crippen LogP) is 2.30. The van der Waals surface area contributed by atoms with Gasteiger partial charge in [-0.05, 0) is 36.5 Å². The van der Waals surface area contributed by atoms with Crippen LogP contribution in [0.1, 0.15) is 31.7 Å². The van der Waals surface area contributed by atoms with E-state index in [1.54, 1.807) is 12.0 Å². The molecule has 5 nitrogen and oxygen atoms in total. The van der Waals surface area contributed by atoms with Gasteiger partial charge in [0.15, 0.2) is 0 Å². The Balaban J connectivity index is 1.59. The summed E-state index contributed by atoms with van der Waals surface area (Å²) in [6, 6.07) is 7.72. The van der Waals surface area contributed by atoms with E-state index in [0.717, 1.165) is 30.8 Å². The van der Waals surface area contributed by atoms with E-state index < -0.39 is 0 Å². The number of methoxy groups -OCH3 is 1. The standard InChI is InChI=1S/C19H26N2O3/c1-14-4-3-9-20(11-14)19(23)16-10-18(22)21(13-16)12-15-5-7-17(24-2)8-6-15/h5-8,14,16H,3-4,9-13H2,1-2H3. The Hall–Kier alpha value is -2.04. The van der Waals surface area contributed by atoms with E-state index in [-0.39, 0.29) is 17.7 Å². The van der Waals surface area contributed by atoms with E-state index >= 15 is 0 Å². The molecule has 2 amide bonds. The van der Waals surface area contributed by atoms with Gasteiger partial charge < -0.3 is 14.5 Å². The van der Waals surface area contributed by atoms with Crippen LogP contribution in [0, 0.1) is 11.8 Å². The van der Waals surface area contributed by atoms with Gasteiger partial charge in [0.25, 0.3) is 0 Å². The second kappa shape index (κ2) is 7.24. The van der Waals surface area contributed by atoms with Gasteiger partial charge in [-0.2, -0.15) is 0 Å².